The number of carboxylic acids is 1. The van der Waals surface area contributed by atoms with Gasteiger partial charge in [-0.3, -0.25) is 9.59 Å². The Morgan fingerprint density at radius 2 is 2.06 bits per heavy atom. The number of hydrogen-bond acceptors (Lipinski definition) is 4. The Morgan fingerprint density at radius 1 is 1.41 bits per heavy atom. The monoisotopic (exact) mass is 244 g/mol. The molecule has 1 fully saturated rings. The number of ether oxygens (including phenoxy) is 1. The third-order valence-electron chi connectivity index (χ3n) is 3.09. The van der Waals surface area contributed by atoms with Crippen LogP contribution in [0.4, 0.5) is 0 Å². The summed E-state index contributed by atoms with van der Waals surface area (Å²) in [5, 5.41) is 14.4. The van der Waals surface area contributed by atoms with Gasteiger partial charge in [0, 0.05) is 13.7 Å². The van der Waals surface area contributed by atoms with Crippen molar-refractivity contribution >= 4 is 11.9 Å². The molecule has 1 saturated heterocycles. The molecule has 0 radical (unpaired) electrons. The van der Waals surface area contributed by atoms with Crippen molar-refractivity contribution in [3.8, 4) is 0 Å². The van der Waals surface area contributed by atoms with E-state index < -0.39 is 11.4 Å². The third kappa shape index (κ3) is 3.98. The fourth-order valence-electron chi connectivity index (χ4n) is 2.09. The number of methoxy groups -OCH3 is 1. The smallest absolute Gasteiger partial charge is 0.305 e. The second-order valence-electron chi connectivity index (χ2n) is 4.36. The SMILES string of the molecule is COCC1(C(=O)NCCC(=O)O)CCNCC1. The zero-order valence-corrected chi connectivity index (χ0v) is 10.1. The van der Waals surface area contributed by atoms with Crippen LogP contribution in [0.15, 0.2) is 0 Å². The van der Waals surface area contributed by atoms with Crippen LogP contribution >= 0.6 is 0 Å². The highest BCUT2D eigenvalue weighted by atomic mass is 16.5. The van der Waals surface area contributed by atoms with Crippen molar-refractivity contribution in [3.63, 3.8) is 0 Å². The Kier molecular flexibility index (Phi) is 5.37. The van der Waals surface area contributed by atoms with Gasteiger partial charge in [-0.1, -0.05) is 0 Å². The fraction of sp³-hybridized carbons (Fsp3) is 0.818. The van der Waals surface area contributed by atoms with E-state index in [4.69, 9.17) is 9.84 Å². The van der Waals surface area contributed by atoms with Gasteiger partial charge in [0.15, 0.2) is 0 Å². The van der Waals surface area contributed by atoms with Gasteiger partial charge in [-0.2, -0.15) is 0 Å². The molecule has 6 nitrogen and oxygen atoms in total. The molecule has 0 aromatic rings. The summed E-state index contributed by atoms with van der Waals surface area (Å²) >= 11 is 0. The number of carbonyl (C=O) groups is 2. The minimum absolute atomic E-state index is 0.0486. The van der Waals surface area contributed by atoms with Crippen LogP contribution in [0, 0.1) is 5.41 Å². The van der Waals surface area contributed by atoms with Crippen molar-refractivity contribution in [2.45, 2.75) is 19.3 Å². The van der Waals surface area contributed by atoms with Gasteiger partial charge in [-0.25, -0.2) is 0 Å². The van der Waals surface area contributed by atoms with Crippen LogP contribution in [-0.2, 0) is 14.3 Å². The van der Waals surface area contributed by atoms with E-state index in [1.54, 1.807) is 7.11 Å². The average Bonchev–Trinajstić information content (AvgIpc) is 2.30. The lowest BCUT2D eigenvalue weighted by Gasteiger charge is -2.35. The van der Waals surface area contributed by atoms with Gasteiger partial charge in [0.05, 0.1) is 18.4 Å². The van der Waals surface area contributed by atoms with Gasteiger partial charge in [0.2, 0.25) is 5.91 Å². The first-order valence-corrected chi connectivity index (χ1v) is 5.80. The maximum Gasteiger partial charge on any atom is 0.305 e. The molecule has 0 aromatic carbocycles. The average molecular weight is 244 g/mol. The van der Waals surface area contributed by atoms with Crippen molar-refractivity contribution in [1.82, 2.24) is 10.6 Å². The molecule has 1 aliphatic heterocycles. The predicted molar refractivity (Wildman–Crippen MR) is 61.7 cm³/mol. The van der Waals surface area contributed by atoms with Gasteiger partial charge < -0.3 is 20.5 Å². The van der Waals surface area contributed by atoms with Gasteiger partial charge in [0.25, 0.3) is 0 Å². The van der Waals surface area contributed by atoms with E-state index in [1.165, 1.54) is 0 Å². The Morgan fingerprint density at radius 3 is 2.59 bits per heavy atom. The lowest BCUT2D eigenvalue weighted by atomic mass is 9.78. The first-order valence-electron chi connectivity index (χ1n) is 5.80. The van der Waals surface area contributed by atoms with Gasteiger partial charge in [-0.05, 0) is 25.9 Å². The van der Waals surface area contributed by atoms with Crippen LogP contribution in [-0.4, -0.2) is 50.3 Å². The number of carboxylic acid groups (broad SMARTS) is 1. The minimum atomic E-state index is -0.906. The lowest BCUT2D eigenvalue weighted by molar-refractivity contribution is -0.138. The first-order chi connectivity index (χ1) is 8.10. The van der Waals surface area contributed by atoms with Crippen molar-refractivity contribution in [3.05, 3.63) is 0 Å². The number of hydrogen-bond donors (Lipinski definition) is 3. The van der Waals surface area contributed by atoms with Crippen LogP contribution in [0.5, 0.6) is 0 Å². The van der Waals surface area contributed by atoms with Gasteiger partial charge >= 0.3 is 5.97 Å². The van der Waals surface area contributed by atoms with E-state index in [-0.39, 0.29) is 18.9 Å². The van der Waals surface area contributed by atoms with E-state index in [0.29, 0.717) is 6.61 Å². The molecule has 1 amide bonds. The molecule has 0 atom stereocenters. The Labute approximate surface area is 101 Å². The summed E-state index contributed by atoms with van der Waals surface area (Å²) < 4.78 is 5.13. The lowest BCUT2D eigenvalue weighted by Crippen LogP contribution is -2.50. The first kappa shape index (κ1) is 13.9. The number of piperidine rings is 1. The van der Waals surface area contributed by atoms with E-state index in [1.807, 2.05) is 0 Å². The summed E-state index contributed by atoms with van der Waals surface area (Å²) in [6, 6.07) is 0. The predicted octanol–water partition coefficient (Wildman–Crippen LogP) is -0.406. The molecule has 0 aliphatic carbocycles. The molecular formula is C11H20N2O4. The summed E-state index contributed by atoms with van der Waals surface area (Å²) in [5.74, 6) is -1.00. The van der Waals surface area contributed by atoms with Crippen LogP contribution in [0.1, 0.15) is 19.3 Å². The second-order valence-corrected chi connectivity index (χ2v) is 4.36. The van der Waals surface area contributed by atoms with Crippen LogP contribution < -0.4 is 10.6 Å². The highest BCUT2D eigenvalue weighted by Crippen LogP contribution is 2.29. The largest absolute Gasteiger partial charge is 0.481 e. The normalized spacial score (nSPS) is 18.6. The molecule has 1 aliphatic rings. The highest BCUT2D eigenvalue weighted by molar-refractivity contribution is 5.83. The van der Waals surface area contributed by atoms with Crippen LogP contribution in [0.25, 0.3) is 0 Å². The van der Waals surface area contributed by atoms with Crippen molar-refractivity contribution in [1.29, 1.82) is 0 Å². The summed E-state index contributed by atoms with van der Waals surface area (Å²) in [4.78, 5) is 22.5. The molecule has 0 spiro atoms. The van der Waals surface area contributed by atoms with Crippen LogP contribution in [0.2, 0.25) is 0 Å². The summed E-state index contributed by atoms with van der Waals surface area (Å²) in [7, 11) is 1.58. The second kappa shape index (κ2) is 6.56. The summed E-state index contributed by atoms with van der Waals surface area (Å²) in [6.07, 6.45) is 1.40. The molecule has 0 unspecified atom stereocenters. The zero-order valence-electron chi connectivity index (χ0n) is 10.1. The molecular weight excluding hydrogens is 224 g/mol. The number of aliphatic carboxylic acids is 1. The van der Waals surface area contributed by atoms with Gasteiger partial charge in [-0.15, -0.1) is 0 Å². The molecule has 98 valence electrons. The molecule has 3 N–H and O–H groups in total. The molecule has 1 heterocycles. The van der Waals surface area contributed by atoms with E-state index in [2.05, 4.69) is 10.6 Å². The third-order valence-corrected chi connectivity index (χ3v) is 3.09. The zero-order chi connectivity index (χ0) is 12.7. The molecule has 0 aromatic heterocycles. The van der Waals surface area contributed by atoms with Crippen LogP contribution in [0.3, 0.4) is 0 Å². The van der Waals surface area contributed by atoms with Gasteiger partial charge in [0.1, 0.15) is 0 Å². The standard InChI is InChI=1S/C11H20N2O4/c1-17-8-11(3-6-12-7-4-11)10(16)13-5-2-9(14)15/h12H,2-8H2,1H3,(H,13,16)(H,14,15). The fourth-order valence-corrected chi connectivity index (χ4v) is 2.09. The Hall–Kier alpha value is -1.14. The number of rotatable bonds is 6. The maximum absolute atomic E-state index is 12.1. The van der Waals surface area contributed by atoms with E-state index in [0.717, 1.165) is 25.9 Å². The van der Waals surface area contributed by atoms with E-state index >= 15 is 0 Å². The number of nitrogens with one attached hydrogen (secondary N) is 2. The van der Waals surface area contributed by atoms with Crippen molar-refractivity contribution in [2.75, 3.05) is 33.4 Å². The molecule has 6 heteroatoms. The van der Waals surface area contributed by atoms with E-state index in [9.17, 15) is 9.59 Å². The molecule has 17 heavy (non-hydrogen) atoms. The molecule has 0 bridgehead atoms. The molecule has 1 rings (SSSR count). The quantitative estimate of drug-likeness (QED) is 0.591. The minimum Gasteiger partial charge on any atom is -0.481 e. The van der Waals surface area contributed by atoms with Crippen molar-refractivity contribution < 1.29 is 19.4 Å². The maximum atomic E-state index is 12.1. The number of carbonyl (C=O) groups excluding carboxylic acids is 1. The highest BCUT2D eigenvalue weighted by Gasteiger charge is 2.39. The summed E-state index contributed by atoms with van der Waals surface area (Å²) in [6.45, 7) is 2.13. The number of amides is 1. The topological polar surface area (TPSA) is 87.7 Å². The Balaban J connectivity index is 2.50. The Bertz CT molecular complexity index is 269. The summed E-state index contributed by atoms with van der Waals surface area (Å²) in [5.41, 5.74) is -0.501. The van der Waals surface area contributed by atoms with Crippen molar-refractivity contribution in [2.24, 2.45) is 5.41 Å². The molecule has 0 saturated carbocycles.